The van der Waals surface area contributed by atoms with Gasteiger partial charge in [0.25, 0.3) is 5.91 Å². The lowest BCUT2D eigenvalue weighted by Crippen LogP contribution is -2.29. The molecule has 5 N–H and O–H groups in total. The highest BCUT2D eigenvalue weighted by Gasteiger charge is 2.38. The van der Waals surface area contributed by atoms with Crippen molar-refractivity contribution in [1.29, 1.82) is 0 Å². The smallest absolute Gasteiger partial charge is 0.276 e. The fourth-order valence-corrected chi connectivity index (χ4v) is 3.16. The summed E-state index contributed by atoms with van der Waals surface area (Å²) in [5, 5.41) is 9.88. The SMILES string of the molecule is CC1(C)Cc2cnc(N)nc2-c2n[nH]c(C(=O)Nc3ncc[nH]3)c21. The largest absolute Gasteiger partial charge is 0.368 e. The van der Waals surface area contributed by atoms with Crippen molar-refractivity contribution in [2.75, 3.05) is 11.1 Å². The minimum atomic E-state index is -0.308. The molecule has 0 saturated heterocycles. The Morgan fingerprint density at radius 1 is 1.33 bits per heavy atom. The van der Waals surface area contributed by atoms with E-state index in [0.29, 0.717) is 29.5 Å². The highest BCUT2D eigenvalue weighted by atomic mass is 16.2. The van der Waals surface area contributed by atoms with Gasteiger partial charge in [0.05, 0.1) is 5.69 Å². The third kappa shape index (κ3) is 2.13. The first-order valence-electron chi connectivity index (χ1n) is 7.47. The summed E-state index contributed by atoms with van der Waals surface area (Å²) in [7, 11) is 0. The molecular formula is C15H16N8O. The Bertz CT molecular complexity index is 925. The van der Waals surface area contributed by atoms with E-state index in [4.69, 9.17) is 5.73 Å². The minimum Gasteiger partial charge on any atom is -0.368 e. The molecule has 0 spiro atoms. The van der Waals surface area contributed by atoms with Gasteiger partial charge in [0, 0.05) is 24.2 Å². The molecule has 3 aromatic heterocycles. The van der Waals surface area contributed by atoms with Crippen LogP contribution in [0, 0.1) is 0 Å². The average Bonchev–Trinajstić information content (AvgIpc) is 3.17. The monoisotopic (exact) mass is 324 g/mol. The molecule has 122 valence electrons. The predicted octanol–water partition coefficient (Wildman–Crippen LogP) is 1.26. The first kappa shape index (κ1) is 14.4. The van der Waals surface area contributed by atoms with Gasteiger partial charge in [0.15, 0.2) is 0 Å². The molecule has 0 fully saturated rings. The van der Waals surface area contributed by atoms with E-state index in [2.05, 4.69) is 49.3 Å². The lowest BCUT2D eigenvalue weighted by molar-refractivity contribution is 0.101. The Balaban J connectivity index is 1.82. The van der Waals surface area contributed by atoms with Crippen LogP contribution >= 0.6 is 0 Å². The van der Waals surface area contributed by atoms with E-state index in [-0.39, 0.29) is 17.3 Å². The number of aromatic nitrogens is 6. The van der Waals surface area contributed by atoms with Crippen molar-refractivity contribution in [3.63, 3.8) is 0 Å². The Morgan fingerprint density at radius 3 is 2.92 bits per heavy atom. The number of carbonyl (C=O) groups excluding carboxylic acids is 1. The number of carbonyl (C=O) groups is 1. The van der Waals surface area contributed by atoms with Crippen LogP contribution in [0.2, 0.25) is 0 Å². The zero-order valence-electron chi connectivity index (χ0n) is 13.2. The molecule has 0 aliphatic heterocycles. The first-order valence-corrected chi connectivity index (χ1v) is 7.47. The third-order valence-corrected chi connectivity index (χ3v) is 4.14. The molecule has 0 radical (unpaired) electrons. The first-order chi connectivity index (χ1) is 11.5. The molecule has 9 heteroatoms. The fraction of sp³-hybridized carbons (Fsp3) is 0.267. The lowest BCUT2D eigenvalue weighted by atomic mass is 9.73. The zero-order chi connectivity index (χ0) is 16.9. The normalized spacial score (nSPS) is 14.8. The van der Waals surface area contributed by atoms with Gasteiger partial charge in [-0.1, -0.05) is 13.8 Å². The van der Waals surface area contributed by atoms with E-state index in [1.54, 1.807) is 18.6 Å². The summed E-state index contributed by atoms with van der Waals surface area (Å²) in [5.74, 6) is 0.255. The molecular weight excluding hydrogens is 308 g/mol. The van der Waals surface area contributed by atoms with Gasteiger partial charge in [-0.3, -0.25) is 15.2 Å². The quantitative estimate of drug-likeness (QED) is 0.560. The maximum atomic E-state index is 12.6. The van der Waals surface area contributed by atoms with Gasteiger partial charge >= 0.3 is 0 Å². The van der Waals surface area contributed by atoms with Crippen LogP contribution in [-0.2, 0) is 11.8 Å². The fourth-order valence-electron chi connectivity index (χ4n) is 3.16. The van der Waals surface area contributed by atoms with E-state index >= 15 is 0 Å². The van der Waals surface area contributed by atoms with Crippen LogP contribution in [-0.4, -0.2) is 36.0 Å². The summed E-state index contributed by atoms with van der Waals surface area (Å²) < 4.78 is 0. The van der Waals surface area contributed by atoms with Crippen LogP contribution in [0.5, 0.6) is 0 Å². The number of rotatable bonds is 2. The number of nitrogen functional groups attached to an aromatic ring is 1. The summed E-state index contributed by atoms with van der Waals surface area (Å²) in [6.45, 7) is 4.12. The molecule has 9 nitrogen and oxygen atoms in total. The molecule has 0 unspecified atom stereocenters. The number of nitrogens with two attached hydrogens (primary N) is 1. The second kappa shape index (κ2) is 4.88. The van der Waals surface area contributed by atoms with E-state index in [1.807, 2.05) is 0 Å². The summed E-state index contributed by atoms with van der Waals surface area (Å²) in [5.41, 5.74) is 8.90. The maximum absolute atomic E-state index is 12.6. The maximum Gasteiger partial charge on any atom is 0.276 e. The van der Waals surface area contributed by atoms with Crippen molar-refractivity contribution in [1.82, 2.24) is 30.1 Å². The van der Waals surface area contributed by atoms with Crippen LogP contribution in [0.3, 0.4) is 0 Å². The van der Waals surface area contributed by atoms with Gasteiger partial charge in [0.2, 0.25) is 11.9 Å². The van der Waals surface area contributed by atoms with E-state index in [1.165, 1.54) is 0 Å². The van der Waals surface area contributed by atoms with Crippen molar-refractivity contribution in [3.05, 3.63) is 35.4 Å². The van der Waals surface area contributed by atoms with Gasteiger partial charge in [0.1, 0.15) is 11.4 Å². The second-order valence-electron chi connectivity index (χ2n) is 6.38. The second-order valence-corrected chi connectivity index (χ2v) is 6.38. The summed E-state index contributed by atoms with van der Waals surface area (Å²) >= 11 is 0. The van der Waals surface area contributed by atoms with Gasteiger partial charge in [-0.15, -0.1) is 0 Å². The van der Waals surface area contributed by atoms with Crippen LogP contribution in [0.25, 0.3) is 11.4 Å². The molecule has 0 saturated carbocycles. The Hall–Kier alpha value is -3.23. The average molecular weight is 324 g/mol. The molecule has 1 amide bonds. The number of anilines is 2. The topological polar surface area (TPSA) is 138 Å². The summed E-state index contributed by atoms with van der Waals surface area (Å²) in [6.07, 6.45) is 5.62. The van der Waals surface area contributed by atoms with E-state index in [0.717, 1.165) is 11.1 Å². The standard InChI is InChI=1S/C15H16N8O/c1-15(2)5-7-6-19-13(16)20-9(7)10-8(15)11(23-22-10)12(24)21-14-17-3-4-18-14/h3-4,6H,5H2,1-2H3,(H,22,23)(H2,16,19,20)(H2,17,18,21,24). The molecule has 3 heterocycles. The van der Waals surface area contributed by atoms with Gasteiger partial charge in [-0.25, -0.2) is 15.0 Å². The number of nitrogens with zero attached hydrogens (tertiary/aromatic N) is 4. The molecule has 4 rings (SSSR count). The third-order valence-electron chi connectivity index (χ3n) is 4.14. The highest BCUT2D eigenvalue weighted by molar-refractivity contribution is 6.04. The number of aromatic amines is 2. The molecule has 3 aromatic rings. The zero-order valence-corrected chi connectivity index (χ0v) is 13.2. The van der Waals surface area contributed by atoms with Gasteiger partial charge in [-0.05, 0) is 17.4 Å². The van der Waals surface area contributed by atoms with Crippen LogP contribution in [0.15, 0.2) is 18.6 Å². The molecule has 0 bridgehead atoms. The number of amides is 1. The molecule has 0 atom stereocenters. The minimum absolute atomic E-state index is 0.184. The van der Waals surface area contributed by atoms with Crippen molar-refractivity contribution in [2.24, 2.45) is 0 Å². The highest BCUT2D eigenvalue weighted by Crippen LogP contribution is 2.42. The number of nitrogens with one attached hydrogen (secondary N) is 3. The predicted molar refractivity (Wildman–Crippen MR) is 87.3 cm³/mol. The Kier molecular flexibility index (Phi) is 2.92. The van der Waals surface area contributed by atoms with E-state index in [9.17, 15) is 4.79 Å². The van der Waals surface area contributed by atoms with Gasteiger partial charge in [-0.2, -0.15) is 5.10 Å². The number of H-pyrrole nitrogens is 2. The Labute approximate surface area is 137 Å². The molecule has 1 aliphatic carbocycles. The van der Waals surface area contributed by atoms with Crippen molar-refractivity contribution in [2.45, 2.75) is 25.7 Å². The molecule has 0 aromatic carbocycles. The molecule has 24 heavy (non-hydrogen) atoms. The van der Waals surface area contributed by atoms with Crippen LogP contribution in [0.4, 0.5) is 11.9 Å². The molecule has 1 aliphatic rings. The van der Waals surface area contributed by atoms with Crippen LogP contribution in [0.1, 0.15) is 35.5 Å². The van der Waals surface area contributed by atoms with Crippen molar-refractivity contribution in [3.8, 4) is 11.4 Å². The number of hydrogen-bond donors (Lipinski definition) is 4. The lowest BCUT2D eigenvalue weighted by Gasteiger charge is -2.30. The number of fused-ring (bicyclic) bond motifs is 3. The van der Waals surface area contributed by atoms with Crippen molar-refractivity contribution < 1.29 is 4.79 Å². The summed E-state index contributed by atoms with van der Waals surface area (Å²) in [6, 6.07) is 0. The summed E-state index contributed by atoms with van der Waals surface area (Å²) in [4.78, 5) is 27.8. The number of hydrogen-bond acceptors (Lipinski definition) is 6. The van der Waals surface area contributed by atoms with Crippen molar-refractivity contribution >= 4 is 17.8 Å². The van der Waals surface area contributed by atoms with Gasteiger partial charge < -0.3 is 10.7 Å². The van der Waals surface area contributed by atoms with E-state index < -0.39 is 0 Å². The Morgan fingerprint density at radius 2 is 2.17 bits per heavy atom. The number of imidazole rings is 1. The van der Waals surface area contributed by atoms with Crippen LogP contribution < -0.4 is 11.1 Å².